The van der Waals surface area contributed by atoms with E-state index in [2.05, 4.69) is 172 Å². The standard InChI is InChI=1S/C86H143NO8/c1-6-8-10-12-14-16-18-20-22-24-26-28-30-32-34-36-38-40-42-44-46-48-50-52-54-56-58-60-62-64-66-68-70-72-74-76-83(88)93-80-82(81-94-86(85(90)91)92-79-78-87(3,4)5)95-84(89)77-75-73-71-69-67-65-63-61-59-57-55-53-51-49-47-45-43-41-39-37-35-33-31-29-27-25-23-21-19-17-15-13-11-9-7-2/h8-11,14-17,20-23,26-29,32-35,39,41,45,47,51,53,82,86H,6-7,12-13,18-19,24-25,30-31,36-38,40,42-44,46,48-50,52,54-81H2,1-5H3/p+1/b10-8-,11-9-,16-14-,17-15-,22-20-,23-21-,28-26-,29-27-,34-32-,35-33-,41-39-,47-45-,53-51-. The van der Waals surface area contributed by atoms with Gasteiger partial charge in [0.1, 0.15) is 13.2 Å². The van der Waals surface area contributed by atoms with E-state index < -0.39 is 24.3 Å². The molecule has 0 saturated heterocycles. The van der Waals surface area contributed by atoms with Crippen LogP contribution in [-0.2, 0) is 33.3 Å². The van der Waals surface area contributed by atoms with Crippen LogP contribution in [0.1, 0.15) is 309 Å². The molecule has 2 atom stereocenters. The largest absolute Gasteiger partial charge is 0.477 e. The molecule has 0 aromatic rings. The molecule has 0 aromatic carbocycles. The Morgan fingerprint density at radius 3 is 0.842 bits per heavy atom. The van der Waals surface area contributed by atoms with Crippen LogP contribution in [0.2, 0.25) is 0 Å². The molecule has 0 rings (SSSR count). The molecule has 1 N–H and O–H groups in total. The van der Waals surface area contributed by atoms with Crippen LogP contribution in [0.15, 0.2) is 158 Å². The first-order valence-corrected chi connectivity index (χ1v) is 38.6. The quantitative estimate of drug-likeness (QED) is 0.0211. The number of carboxylic acid groups (broad SMARTS) is 1. The number of aliphatic carboxylic acids is 1. The molecule has 0 saturated carbocycles. The molecule has 2 unspecified atom stereocenters. The molecule has 540 valence electrons. The van der Waals surface area contributed by atoms with Gasteiger partial charge in [-0.05, 0) is 122 Å². The molecular formula is C86H144NO8+. The van der Waals surface area contributed by atoms with E-state index in [0.29, 0.717) is 23.9 Å². The second-order valence-corrected chi connectivity index (χ2v) is 26.6. The second kappa shape index (κ2) is 74.7. The fraction of sp³-hybridized carbons (Fsp3) is 0.663. The van der Waals surface area contributed by atoms with Crippen molar-refractivity contribution in [2.24, 2.45) is 0 Å². The number of hydrogen-bond acceptors (Lipinski definition) is 7. The monoisotopic (exact) mass is 1320 g/mol. The summed E-state index contributed by atoms with van der Waals surface area (Å²) >= 11 is 0. The molecule has 0 amide bonds. The van der Waals surface area contributed by atoms with Gasteiger partial charge in [-0.3, -0.25) is 9.59 Å². The van der Waals surface area contributed by atoms with Gasteiger partial charge in [-0.1, -0.05) is 332 Å². The molecule has 0 aliphatic heterocycles. The SMILES string of the molecule is CC/C=C\C/C=C\C/C=C\C/C=C\C/C=C\C/C=C\C/C=C\C/C=C\CCCCCCCCCCCCC(=O)OC(COC(=O)CCCCCCCCCCCCCCCCCCCCC/C=C\C/C=C\C/C=C\C/C=C\C/C=C\CC)COC(OCC[N+](C)(C)C)C(=O)O. The molecule has 0 aliphatic carbocycles. The van der Waals surface area contributed by atoms with Gasteiger partial charge in [0.25, 0.3) is 6.29 Å². The molecule has 0 bridgehead atoms. The molecule has 0 aromatic heterocycles. The minimum atomic E-state index is -1.52. The molecule has 0 aliphatic rings. The number of allylic oxidation sites excluding steroid dienone is 26. The van der Waals surface area contributed by atoms with E-state index in [4.69, 9.17) is 18.9 Å². The smallest absolute Gasteiger partial charge is 0.361 e. The summed E-state index contributed by atoms with van der Waals surface area (Å²) in [6.07, 6.45) is 108. The Morgan fingerprint density at radius 2 is 0.568 bits per heavy atom. The third kappa shape index (κ3) is 76.1. The van der Waals surface area contributed by atoms with E-state index in [0.717, 1.165) is 128 Å². The summed E-state index contributed by atoms with van der Waals surface area (Å²) in [5, 5.41) is 9.77. The van der Waals surface area contributed by atoms with Gasteiger partial charge in [-0.25, -0.2) is 4.79 Å². The Bertz CT molecular complexity index is 2130. The van der Waals surface area contributed by atoms with Gasteiger partial charge in [0.05, 0.1) is 34.4 Å². The highest BCUT2D eigenvalue weighted by Gasteiger charge is 2.25. The van der Waals surface area contributed by atoms with Crippen molar-refractivity contribution in [3.8, 4) is 0 Å². The Kier molecular flexibility index (Phi) is 70.7. The molecular weight excluding hydrogens is 1170 g/mol. The summed E-state index contributed by atoms with van der Waals surface area (Å²) in [5.41, 5.74) is 0. The minimum absolute atomic E-state index is 0.181. The van der Waals surface area contributed by atoms with Gasteiger partial charge in [-0.15, -0.1) is 0 Å². The van der Waals surface area contributed by atoms with Crippen LogP contribution in [0.3, 0.4) is 0 Å². The second-order valence-electron chi connectivity index (χ2n) is 26.6. The lowest BCUT2D eigenvalue weighted by molar-refractivity contribution is -0.870. The maximum atomic E-state index is 13.0. The van der Waals surface area contributed by atoms with Crippen LogP contribution < -0.4 is 0 Å². The van der Waals surface area contributed by atoms with Crippen LogP contribution in [0.5, 0.6) is 0 Å². The lowest BCUT2D eigenvalue weighted by atomic mass is 10.0. The summed E-state index contributed by atoms with van der Waals surface area (Å²) in [5.74, 6) is -2.01. The highest BCUT2D eigenvalue weighted by molar-refractivity contribution is 5.71. The maximum Gasteiger partial charge on any atom is 0.361 e. The summed E-state index contributed by atoms with van der Waals surface area (Å²) in [6, 6.07) is 0. The zero-order valence-corrected chi connectivity index (χ0v) is 61.8. The van der Waals surface area contributed by atoms with Gasteiger partial charge in [0.2, 0.25) is 0 Å². The Hall–Kier alpha value is -5.09. The number of carbonyl (C=O) groups is 3. The van der Waals surface area contributed by atoms with E-state index >= 15 is 0 Å². The number of carboxylic acids is 1. The van der Waals surface area contributed by atoms with Crippen LogP contribution in [0, 0.1) is 0 Å². The van der Waals surface area contributed by atoms with E-state index in [1.165, 1.54) is 148 Å². The van der Waals surface area contributed by atoms with E-state index in [9.17, 15) is 19.5 Å². The van der Waals surface area contributed by atoms with E-state index in [1.54, 1.807) is 0 Å². The number of carbonyl (C=O) groups excluding carboxylic acids is 2. The summed E-state index contributed by atoms with van der Waals surface area (Å²) in [7, 11) is 5.98. The zero-order chi connectivity index (χ0) is 69.0. The average molecular weight is 1320 g/mol. The topological polar surface area (TPSA) is 108 Å². The van der Waals surface area contributed by atoms with Crippen molar-refractivity contribution >= 4 is 17.9 Å². The van der Waals surface area contributed by atoms with Crippen molar-refractivity contribution in [3.63, 3.8) is 0 Å². The fourth-order valence-electron chi connectivity index (χ4n) is 10.5. The average Bonchev–Trinajstić information content (AvgIpc) is 3.58. The maximum absolute atomic E-state index is 13.0. The molecule has 0 spiro atoms. The Balaban J connectivity index is 4.09. The molecule has 0 fully saturated rings. The van der Waals surface area contributed by atoms with Gasteiger partial charge < -0.3 is 28.5 Å². The number of nitrogens with zero attached hydrogens (tertiary/aromatic N) is 1. The Morgan fingerprint density at radius 1 is 0.316 bits per heavy atom. The number of esters is 2. The van der Waals surface area contributed by atoms with Crippen LogP contribution >= 0.6 is 0 Å². The first-order chi connectivity index (χ1) is 46.6. The number of quaternary nitrogens is 1. The first kappa shape index (κ1) is 89.9. The molecule has 95 heavy (non-hydrogen) atoms. The highest BCUT2D eigenvalue weighted by atomic mass is 16.7. The molecule has 9 nitrogen and oxygen atoms in total. The van der Waals surface area contributed by atoms with Crippen molar-refractivity contribution in [2.45, 2.75) is 322 Å². The summed E-state index contributed by atoms with van der Waals surface area (Å²) < 4.78 is 23.0. The normalized spacial score (nSPS) is 13.6. The predicted molar refractivity (Wildman–Crippen MR) is 410 cm³/mol. The fourth-order valence-corrected chi connectivity index (χ4v) is 10.5. The summed E-state index contributed by atoms with van der Waals surface area (Å²) in [6.45, 7) is 4.66. The molecule has 9 heteroatoms. The van der Waals surface area contributed by atoms with E-state index in [1.807, 2.05) is 21.1 Å². The predicted octanol–water partition coefficient (Wildman–Crippen LogP) is 24.8. The van der Waals surface area contributed by atoms with Gasteiger partial charge in [0, 0.05) is 12.8 Å². The number of unbranched alkanes of at least 4 members (excludes halogenated alkanes) is 29. The lowest BCUT2D eigenvalue weighted by Crippen LogP contribution is -2.40. The number of rotatable bonds is 70. The summed E-state index contributed by atoms with van der Waals surface area (Å²) in [4.78, 5) is 37.7. The van der Waals surface area contributed by atoms with Crippen LogP contribution in [0.4, 0.5) is 0 Å². The van der Waals surface area contributed by atoms with E-state index in [-0.39, 0.29) is 32.2 Å². The van der Waals surface area contributed by atoms with Crippen molar-refractivity contribution in [3.05, 3.63) is 158 Å². The van der Waals surface area contributed by atoms with Gasteiger partial charge >= 0.3 is 17.9 Å². The third-order valence-corrected chi connectivity index (χ3v) is 16.3. The first-order valence-electron chi connectivity index (χ1n) is 38.6. The van der Waals surface area contributed by atoms with Crippen molar-refractivity contribution in [1.29, 1.82) is 0 Å². The lowest BCUT2D eigenvalue weighted by Gasteiger charge is -2.25. The van der Waals surface area contributed by atoms with Gasteiger partial charge in [0.15, 0.2) is 6.10 Å². The van der Waals surface area contributed by atoms with Gasteiger partial charge in [-0.2, -0.15) is 0 Å². The van der Waals surface area contributed by atoms with Crippen LogP contribution in [0.25, 0.3) is 0 Å². The Labute approximate surface area is 584 Å². The minimum Gasteiger partial charge on any atom is -0.477 e. The number of likely N-dealkylation sites (N-methyl/N-ethyl adjacent to an activating group) is 1. The number of hydrogen-bond donors (Lipinski definition) is 1. The third-order valence-electron chi connectivity index (χ3n) is 16.3. The number of ether oxygens (including phenoxy) is 4. The van der Waals surface area contributed by atoms with Crippen molar-refractivity contribution in [2.75, 3.05) is 47.5 Å². The molecule has 0 heterocycles. The molecule has 0 radical (unpaired) electrons. The highest BCUT2D eigenvalue weighted by Crippen LogP contribution is 2.18. The van der Waals surface area contributed by atoms with Crippen LogP contribution in [-0.4, -0.2) is 87.4 Å². The van der Waals surface area contributed by atoms with Crippen molar-refractivity contribution < 1.29 is 42.9 Å². The van der Waals surface area contributed by atoms with Crippen molar-refractivity contribution in [1.82, 2.24) is 0 Å². The zero-order valence-electron chi connectivity index (χ0n) is 61.8.